The fourth-order valence-electron chi connectivity index (χ4n) is 3.09. The van der Waals surface area contributed by atoms with Gasteiger partial charge >= 0.3 is 0 Å². The summed E-state index contributed by atoms with van der Waals surface area (Å²) in [7, 11) is -7.49. The minimum absolute atomic E-state index is 0.0161. The minimum atomic E-state index is -3.87. The standard InChI is InChI=1S/C20H21NO4S3/c1-13-6-4-5-7-17(13)18-10-16(11-19(14(18)2)27(3,22)23)28(24,25)20-9-8-15(12-21)26-20/h4-11H,12,21H2,1-3H3. The van der Waals surface area contributed by atoms with Gasteiger partial charge in [0.15, 0.2) is 9.84 Å². The molecule has 0 fully saturated rings. The van der Waals surface area contributed by atoms with E-state index < -0.39 is 19.7 Å². The van der Waals surface area contributed by atoms with Crippen LogP contribution >= 0.6 is 11.3 Å². The second-order valence-electron chi connectivity index (χ2n) is 6.61. The largest absolute Gasteiger partial charge is 0.326 e. The SMILES string of the molecule is Cc1ccccc1-c1cc(S(=O)(=O)c2ccc(CN)s2)cc(S(C)(=O)=O)c1C. The Bertz CT molecular complexity index is 1260. The second-order valence-corrected chi connectivity index (χ2v) is 11.9. The summed E-state index contributed by atoms with van der Waals surface area (Å²) in [4.78, 5) is 0.720. The Morgan fingerprint density at radius 2 is 1.61 bits per heavy atom. The molecular formula is C20H21NO4S3. The lowest BCUT2D eigenvalue weighted by Gasteiger charge is -2.15. The zero-order valence-electron chi connectivity index (χ0n) is 15.8. The number of benzene rings is 2. The maximum Gasteiger partial charge on any atom is 0.216 e. The highest BCUT2D eigenvalue weighted by molar-refractivity contribution is 7.93. The Balaban J connectivity index is 2.34. The van der Waals surface area contributed by atoms with Gasteiger partial charge in [-0.2, -0.15) is 0 Å². The summed E-state index contributed by atoms with van der Waals surface area (Å²) in [5.74, 6) is 0. The summed E-state index contributed by atoms with van der Waals surface area (Å²) in [5, 5.41) is 0. The van der Waals surface area contributed by atoms with Crippen LogP contribution in [-0.4, -0.2) is 23.1 Å². The molecule has 148 valence electrons. The van der Waals surface area contributed by atoms with E-state index in [1.54, 1.807) is 19.1 Å². The lowest BCUT2D eigenvalue weighted by molar-refractivity contribution is 0.597. The number of aryl methyl sites for hydroxylation is 1. The molecule has 5 nitrogen and oxygen atoms in total. The fourth-order valence-corrected chi connectivity index (χ4v) is 6.86. The van der Waals surface area contributed by atoms with Crippen LogP contribution in [0.3, 0.4) is 0 Å². The van der Waals surface area contributed by atoms with Crippen molar-refractivity contribution in [3.05, 3.63) is 64.5 Å². The average molecular weight is 436 g/mol. The molecule has 0 saturated heterocycles. The van der Waals surface area contributed by atoms with Gasteiger partial charge in [0.1, 0.15) is 4.21 Å². The molecule has 1 aromatic heterocycles. The summed E-state index contributed by atoms with van der Waals surface area (Å²) < 4.78 is 51.3. The molecule has 0 aliphatic heterocycles. The normalized spacial score (nSPS) is 12.3. The molecular weight excluding hydrogens is 414 g/mol. The number of rotatable bonds is 5. The topological polar surface area (TPSA) is 94.3 Å². The number of sulfone groups is 2. The minimum Gasteiger partial charge on any atom is -0.326 e. The monoisotopic (exact) mass is 435 g/mol. The predicted octanol–water partition coefficient (Wildman–Crippen LogP) is 3.73. The highest BCUT2D eigenvalue weighted by Gasteiger charge is 2.25. The van der Waals surface area contributed by atoms with Crippen LogP contribution in [0.1, 0.15) is 16.0 Å². The first-order valence-corrected chi connectivity index (χ1v) is 12.7. The van der Waals surface area contributed by atoms with Crippen LogP contribution in [-0.2, 0) is 26.2 Å². The molecule has 0 radical (unpaired) electrons. The molecule has 3 aromatic rings. The number of hydrogen-bond donors (Lipinski definition) is 1. The van der Waals surface area contributed by atoms with Gasteiger partial charge in [-0.05, 0) is 60.4 Å². The molecule has 1 heterocycles. The van der Waals surface area contributed by atoms with Gasteiger partial charge in [-0.15, -0.1) is 11.3 Å². The van der Waals surface area contributed by atoms with Crippen LogP contribution in [0.2, 0.25) is 0 Å². The van der Waals surface area contributed by atoms with Gasteiger partial charge in [0, 0.05) is 17.7 Å². The first-order chi connectivity index (χ1) is 13.1. The van der Waals surface area contributed by atoms with Gasteiger partial charge in [-0.1, -0.05) is 24.3 Å². The molecule has 2 aromatic carbocycles. The third kappa shape index (κ3) is 3.77. The smallest absolute Gasteiger partial charge is 0.216 e. The molecule has 0 spiro atoms. The molecule has 3 rings (SSSR count). The van der Waals surface area contributed by atoms with Crippen LogP contribution in [0.5, 0.6) is 0 Å². The number of nitrogens with two attached hydrogens (primary N) is 1. The van der Waals surface area contributed by atoms with Gasteiger partial charge in [-0.3, -0.25) is 0 Å². The van der Waals surface area contributed by atoms with Gasteiger partial charge in [0.05, 0.1) is 9.79 Å². The fraction of sp³-hybridized carbons (Fsp3) is 0.200. The summed E-state index contributed by atoms with van der Waals surface area (Å²) in [6.45, 7) is 3.85. The Labute approximate surface area is 169 Å². The van der Waals surface area contributed by atoms with Crippen molar-refractivity contribution in [1.82, 2.24) is 0 Å². The molecule has 0 aliphatic rings. The number of hydrogen-bond acceptors (Lipinski definition) is 6. The summed E-state index contributed by atoms with van der Waals surface area (Å²) in [6.07, 6.45) is 1.09. The van der Waals surface area contributed by atoms with E-state index in [4.69, 9.17) is 5.73 Å². The van der Waals surface area contributed by atoms with E-state index in [1.807, 2.05) is 31.2 Å². The van der Waals surface area contributed by atoms with Gasteiger partial charge in [0.25, 0.3) is 0 Å². The highest BCUT2D eigenvalue weighted by atomic mass is 32.2. The maximum atomic E-state index is 13.2. The van der Waals surface area contributed by atoms with Crippen LogP contribution in [0.4, 0.5) is 0 Å². The second kappa shape index (κ2) is 7.44. The summed E-state index contributed by atoms with van der Waals surface area (Å²) in [5.41, 5.74) is 8.46. The van der Waals surface area contributed by atoms with E-state index >= 15 is 0 Å². The Hall–Kier alpha value is -2.00. The molecule has 0 saturated carbocycles. The predicted molar refractivity (Wildman–Crippen MR) is 112 cm³/mol. The first kappa shape index (κ1) is 20.7. The molecule has 0 bridgehead atoms. The van der Waals surface area contributed by atoms with Gasteiger partial charge in [-0.25, -0.2) is 16.8 Å². The number of thiophene rings is 1. The lowest BCUT2D eigenvalue weighted by atomic mass is 9.97. The van der Waals surface area contributed by atoms with Crippen molar-refractivity contribution in [1.29, 1.82) is 0 Å². The summed E-state index contributed by atoms with van der Waals surface area (Å²) in [6, 6.07) is 13.5. The summed E-state index contributed by atoms with van der Waals surface area (Å²) >= 11 is 1.09. The van der Waals surface area contributed by atoms with Crippen LogP contribution < -0.4 is 5.73 Å². The van der Waals surface area contributed by atoms with Gasteiger partial charge < -0.3 is 5.73 Å². The van der Waals surface area contributed by atoms with Crippen LogP contribution in [0.15, 0.2) is 62.5 Å². The third-order valence-electron chi connectivity index (χ3n) is 4.58. The maximum absolute atomic E-state index is 13.2. The van der Waals surface area contributed by atoms with Crippen LogP contribution in [0, 0.1) is 13.8 Å². The van der Waals surface area contributed by atoms with Crippen molar-refractivity contribution >= 4 is 31.0 Å². The van der Waals surface area contributed by atoms with Crippen molar-refractivity contribution in [2.75, 3.05) is 6.26 Å². The van der Waals surface area contributed by atoms with E-state index in [0.29, 0.717) is 11.1 Å². The molecule has 8 heteroatoms. The third-order valence-corrected chi connectivity index (χ3v) is 9.14. The van der Waals surface area contributed by atoms with Crippen molar-refractivity contribution < 1.29 is 16.8 Å². The highest BCUT2D eigenvalue weighted by Crippen LogP contribution is 2.36. The lowest BCUT2D eigenvalue weighted by Crippen LogP contribution is -2.07. The van der Waals surface area contributed by atoms with Crippen molar-refractivity contribution in [2.24, 2.45) is 5.73 Å². The van der Waals surface area contributed by atoms with E-state index in [2.05, 4.69) is 0 Å². The van der Waals surface area contributed by atoms with Crippen LogP contribution in [0.25, 0.3) is 11.1 Å². The van der Waals surface area contributed by atoms with E-state index in [0.717, 1.165) is 33.6 Å². The van der Waals surface area contributed by atoms with Crippen molar-refractivity contribution in [3.63, 3.8) is 0 Å². The Morgan fingerprint density at radius 1 is 0.929 bits per heavy atom. The zero-order valence-corrected chi connectivity index (χ0v) is 18.2. The first-order valence-electron chi connectivity index (χ1n) is 8.50. The Morgan fingerprint density at radius 3 is 2.18 bits per heavy atom. The Kier molecular flexibility index (Phi) is 5.51. The molecule has 28 heavy (non-hydrogen) atoms. The molecule has 0 aliphatic carbocycles. The molecule has 0 unspecified atom stereocenters. The van der Waals surface area contributed by atoms with Crippen molar-refractivity contribution in [2.45, 2.75) is 34.4 Å². The van der Waals surface area contributed by atoms with E-state index in [9.17, 15) is 16.8 Å². The van der Waals surface area contributed by atoms with Gasteiger partial charge in [0.2, 0.25) is 9.84 Å². The average Bonchev–Trinajstić information content (AvgIpc) is 3.11. The van der Waals surface area contributed by atoms with E-state index in [-0.39, 0.29) is 20.5 Å². The molecule has 2 N–H and O–H groups in total. The zero-order chi connectivity index (χ0) is 20.7. The molecule has 0 atom stereocenters. The molecule has 0 amide bonds. The van der Waals surface area contributed by atoms with E-state index in [1.165, 1.54) is 12.1 Å². The quantitative estimate of drug-likeness (QED) is 0.659. The van der Waals surface area contributed by atoms with Crippen molar-refractivity contribution in [3.8, 4) is 11.1 Å².